The van der Waals surface area contributed by atoms with Crippen molar-refractivity contribution in [2.75, 3.05) is 13.2 Å². The molecule has 0 N–H and O–H groups in total. The Balaban J connectivity index is 4.34. The highest BCUT2D eigenvalue weighted by Gasteiger charge is 2.19. The van der Waals surface area contributed by atoms with Gasteiger partial charge in [-0.25, -0.2) is 0 Å². The third-order valence-electron chi connectivity index (χ3n) is 15.9. The second kappa shape index (κ2) is 67.1. The molecule has 1 unspecified atom stereocenters. The molecule has 0 aromatic carbocycles. The van der Waals surface area contributed by atoms with Gasteiger partial charge in [0.1, 0.15) is 13.2 Å². The quantitative estimate of drug-likeness (QED) is 0.0261. The number of hydrogen-bond acceptors (Lipinski definition) is 6. The van der Waals surface area contributed by atoms with E-state index in [2.05, 4.69) is 57.2 Å². The summed E-state index contributed by atoms with van der Waals surface area (Å²) >= 11 is 0. The van der Waals surface area contributed by atoms with Crippen molar-refractivity contribution in [1.82, 2.24) is 0 Å². The predicted octanol–water partition coefficient (Wildman–Crippen LogP) is 23.9. The largest absolute Gasteiger partial charge is 0.462 e. The second-order valence-corrected chi connectivity index (χ2v) is 23.8. The highest BCUT2D eigenvalue weighted by Crippen LogP contribution is 2.18. The first-order chi connectivity index (χ1) is 38.5. The van der Waals surface area contributed by atoms with Gasteiger partial charge in [0, 0.05) is 19.3 Å². The maximum Gasteiger partial charge on any atom is 0.306 e. The predicted molar refractivity (Wildman–Crippen MR) is 339 cm³/mol. The first-order valence-electron chi connectivity index (χ1n) is 35.0. The molecule has 0 saturated heterocycles. The fourth-order valence-corrected chi connectivity index (χ4v) is 10.6. The highest BCUT2D eigenvalue weighted by molar-refractivity contribution is 5.71. The number of ether oxygens (including phenoxy) is 3. The molecule has 78 heavy (non-hydrogen) atoms. The van der Waals surface area contributed by atoms with Gasteiger partial charge in [-0.1, -0.05) is 346 Å². The van der Waals surface area contributed by atoms with Crippen LogP contribution in [-0.4, -0.2) is 37.2 Å². The van der Waals surface area contributed by atoms with Crippen LogP contribution in [0.3, 0.4) is 0 Å². The number of rotatable bonds is 65. The summed E-state index contributed by atoms with van der Waals surface area (Å²) in [7, 11) is 0. The lowest BCUT2D eigenvalue weighted by atomic mass is 10.0. The molecule has 0 radical (unpaired) electrons. The summed E-state index contributed by atoms with van der Waals surface area (Å²) in [5.41, 5.74) is 0. The SMILES string of the molecule is CCCCCCC/C=C\C/C=C\C/C=C\CCCCCCCCC(=O)OCC(COC(=O)CCCCCCCCCCCCCCCCCCCC)OC(=O)CCCCCCCCCCCCCCCCCCCCCCC. The molecule has 0 spiro atoms. The van der Waals surface area contributed by atoms with E-state index in [1.807, 2.05) is 0 Å². The van der Waals surface area contributed by atoms with Crippen molar-refractivity contribution < 1.29 is 28.6 Å². The molecule has 0 aromatic rings. The first kappa shape index (κ1) is 75.6. The maximum absolute atomic E-state index is 13.0. The van der Waals surface area contributed by atoms with Gasteiger partial charge < -0.3 is 14.2 Å². The van der Waals surface area contributed by atoms with E-state index in [4.69, 9.17) is 14.2 Å². The third kappa shape index (κ3) is 64.5. The lowest BCUT2D eigenvalue weighted by Crippen LogP contribution is -2.30. The van der Waals surface area contributed by atoms with Gasteiger partial charge in [0.25, 0.3) is 0 Å². The molecule has 6 nitrogen and oxygen atoms in total. The van der Waals surface area contributed by atoms with Crippen LogP contribution in [0.5, 0.6) is 0 Å². The smallest absolute Gasteiger partial charge is 0.306 e. The van der Waals surface area contributed by atoms with Crippen LogP contribution in [0.15, 0.2) is 36.5 Å². The van der Waals surface area contributed by atoms with Gasteiger partial charge in [-0.05, 0) is 57.8 Å². The summed E-state index contributed by atoms with van der Waals surface area (Å²) in [6, 6.07) is 0. The van der Waals surface area contributed by atoms with Gasteiger partial charge in [0.05, 0.1) is 0 Å². The van der Waals surface area contributed by atoms with Gasteiger partial charge in [-0.2, -0.15) is 0 Å². The maximum atomic E-state index is 13.0. The monoisotopic (exact) mass is 1100 g/mol. The summed E-state index contributed by atoms with van der Waals surface area (Å²) in [5.74, 6) is -0.852. The Morgan fingerprint density at radius 1 is 0.256 bits per heavy atom. The molecule has 0 saturated carbocycles. The van der Waals surface area contributed by atoms with Crippen LogP contribution in [-0.2, 0) is 28.6 Å². The molecule has 0 rings (SSSR count). The van der Waals surface area contributed by atoms with Crippen LogP contribution in [0.2, 0.25) is 0 Å². The molecule has 0 aromatic heterocycles. The number of unbranched alkanes of at least 4 members (excludes halogenated alkanes) is 48. The second-order valence-electron chi connectivity index (χ2n) is 23.8. The molecule has 0 amide bonds. The highest BCUT2D eigenvalue weighted by atomic mass is 16.6. The summed E-state index contributed by atoms with van der Waals surface area (Å²) in [4.78, 5) is 38.5. The topological polar surface area (TPSA) is 78.9 Å². The molecule has 458 valence electrons. The van der Waals surface area contributed by atoms with E-state index in [9.17, 15) is 14.4 Å². The Hall–Kier alpha value is -2.37. The average Bonchev–Trinajstić information content (AvgIpc) is 3.44. The fourth-order valence-electron chi connectivity index (χ4n) is 10.6. The van der Waals surface area contributed by atoms with E-state index in [0.29, 0.717) is 19.3 Å². The van der Waals surface area contributed by atoms with Crippen molar-refractivity contribution in [3.05, 3.63) is 36.5 Å². The Bertz CT molecular complexity index is 1300. The normalized spacial score (nSPS) is 12.2. The molecule has 0 heterocycles. The van der Waals surface area contributed by atoms with E-state index >= 15 is 0 Å². The summed E-state index contributed by atoms with van der Waals surface area (Å²) in [6.07, 6.45) is 83.0. The lowest BCUT2D eigenvalue weighted by Gasteiger charge is -2.18. The molecule has 0 aliphatic carbocycles. The van der Waals surface area contributed by atoms with E-state index in [1.54, 1.807) is 0 Å². The van der Waals surface area contributed by atoms with Gasteiger partial charge in [0.2, 0.25) is 0 Å². The summed E-state index contributed by atoms with van der Waals surface area (Å²) < 4.78 is 17.0. The number of carbonyl (C=O) groups excluding carboxylic acids is 3. The Kier molecular flexibility index (Phi) is 65.1. The zero-order valence-electron chi connectivity index (χ0n) is 52.7. The number of allylic oxidation sites excluding steroid dienone is 6. The van der Waals surface area contributed by atoms with Gasteiger partial charge in [-0.3, -0.25) is 14.4 Å². The molecule has 0 bridgehead atoms. The van der Waals surface area contributed by atoms with Crippen molar-refractivity contribution >= 4 is 17.9 Å². The van der Waals surface area contributed by atoms with E-state index in [1.165, 1.54) is 270 Å². The number of esters is 3. The zero-order chi connectivity index (χ0) is 56.4. The Morgan fingerprint density at radius 2 is 0.462 bits per heavy atom. The van der Waals surface area contributed by atoms with Crippen molar-refractivity contribution in [2.24, 2.45) is 0 Å². The van der Waals surface area contributed by atoms with Gasteiger partial charge in [0.15, 0.2) is 6.10 Å². The Labute approximate surface area is 486 Å². The van der Waals surface area contributed by atoms with Crippen LogP contribution < -0.4 is 0 Å². The van der Waals surface area contributed by atoms with Gasteiger partial charge >= 0.3 is 17.9 Å². The Morgan fingerprint density at radius 3 is 0.718 bits per heavy atom. The molecular formula is C72H134O6. The van der Waals surface area contributed by atoms with Crippen LogP contribution in [0.4, 0.5) is 0 Å². The molecule has 6 heteroatoms. The molecule has 1 atom stereocenters. The van der Waals surface area contributed by atoms with Crippen LogP contribution in [0.25, 0.3) is 0 Å². The van der Waals surface area contributed by atoms with Crippen molar-refractivity contribution in [3.8, 4) is 0 Å². The molecule has 0 fully saturated rings. The molecule has 0 aliphatic rings. The minimum atomic E-state index is -0.775. The lowest BCUT2D eigenvalue weighted by molar-refractivity contribution is -0.167. The van der Waals surface area contributed by atoms with Crippen molar-refractivity contribution in [1.29, 1.82) is 0 Å². The van der Waals surface area contributed by atoms with Crippen molar-refractivity contribution in [2.45, 2.75) is 393 Å². The average molecular weight is 1100 g/mol. The third-order valence-corrected chi connectivity index (χ3v) is 15.9. The first-order valence-corrected chi connectivity index (χ1v) is 35.0. The van der Waals surface area contributed by atoms with E-state index in [-0.39, 0.29) is 31.1 Å². The van der Waals surface area contributed by atoms with Gasteiger partial charge in [-0.15, -0.1) is 0 Å². The summed E-state index contributed by atoms with van der Waals surface area (Å²) in [6.45, 7) is 6.70. The van der Waals surface area contributed by atoms with Crippen LogP contribution in [0.1, 0.15) is 387 Å². The standard InChI is InChI=1S/C72H134O6/c1-4-7-10-13-16-19-22-25-28-31-34-36-38-41-44-47-50-53-56-59-62-65-71(74)77-68-69(67-76-70(73)64-61-58-55-52-49-46-43-40-33-30-27-24-21-18-15-12-9-6-3)78-72(75)66-63-60-57-54-51-48-45-42-39-37-35-32-29-26-23-20-17-14-11-8-5-2/h22,25,31,34,38,41,69H,4-21,23-24,26-30,32-33,35-37,39-40,42-68H2,1-3H3/b25-22-,34-31-,41-38-. The minimum Gasteiger partial charge on any atom is -0.462 e. The van der Waals surface area contributed by atoms with E-state index < -0.39 is 6.10 Å². The van der Waals surface area contributed by atoms with Crippen molar-refractivity contribution in [3.63, 3.8) is 0 Å². The fraction of sp³-hybridized carbons (Fsp3) is 0.875. The number of hydrogen-bond donors (Lipinski definition) is 0. The zero-order valence-corrected chi connectivity index (χ0v) is 52.7. The molecule has 0 aliphatic heterocycles. The number of carbonyl (C=O) groups is 3. The van der Waals surface area contributed by atoms with Crippen LogP contribution >= 0.6 is 0 Å². The summed E-state index contributed by atoms with van der Waals surface area (Å²) in [5, 5.41) is 0. The van der Waals surface area contributed by atoms with Crippen LogP contribution in [0, 0.1) is 0 Å². The molecular weight excluding hydrogens is 961 g/mol. The van der Waals surface area contributed by atoms with E-state index in [0.717, 1.165) is 77.0 Å². The minimum absolute atomic E-state index is 0.0704.